The van der Waals surface area contributed by atoms with E-state index < -0.39 is 17.9 Å². The molecule has 0 spiro atoms. The van der Waals surface area contributed by atoms with Gasteiger partial charge < -0.3 is 55.4 Å². The average molecular weight is 1320 g/mol. The highest BCUT2D eigenvalue weighted by atomic mass is 35.5. The van der Waals surface area contributed by atoms with Gasteiger partial charge in [-0.3, -0.25) is 28.8 Å². The van der Waals surface area contributed by atoms with Crippen LogP contribution in [0, 0.1) is 0 Å². The Balaban J connectivity index is 0.000000203. The minimum Gasteiger partial charge on any atom is -0.493 e. The van der Waals surface area contributed by atoms with Crippen molar-refractivity contribution in [2.24, 2.45) is 0 Å². The molecule has 0 fully saturated rings. The molecule has 0 unspecified atom stereocenters. The smallest absolute Gasteiger partial charge is 0.308 e. The van der Waals surface area contributed by atoms with Gasteiger partial charge >= 0.3 is 17.9 Å². The maximum atomic E-state index is 12.6. The van der Waals surface area contributed by atoms with Gasteiger partial charge in [-0.25, -0.2) is 29.9 Å². The predicted octanol–water partition coefficient (Wildman–Crippen LogP) is 10.5. The summed E-state index contributed by atoms with van der Waals surface area (Å²) in [6, 6.07) is 44.0. The number of nitrogens with zero attached hydrogens (tertiary/aromatic N) is 9. The summed E-state index contributed by atoms with van der Waals surface area (Å²) in [7, 11) is 14.0. The van der Waals surface area contributed by atoms with Gasteiger partial charge in [0.05, 0.1) is 33.5 Å². The first kappa shape index (κ1) is 71.6. The van der Waals surface area contributed by atoms with Gasteiger partial charge in [0.15, 0.2) is 11.5 Å². The molecule has 0 saturated carbocycles. The van der Waals surface area contributed by atoms with Crippen molar-refractivity contribution in [2.75, 3.05) is 87.2 Å². The lowest BCUT2D eigenvalue weighted by molar-refractivity contribution is -0.137. The lowest BCUT2D eigenvalue weighted by atomic mass is 10.1. The second-order valence-electron chi connectivity index (χ2n) is 22.1. The first-order valence-corrected chi connectivity index (χ1v) is 30.2. The number of halogens is 1. The third-order valence-electron chi connectivity index (χ3n) is 13.9. The summed E-state index contributed by atoms with van der Waals surface area (Å²) >= 11 is 5.86. The molecular weight excluding hydrogens is 1240 g/mol. The molecule has 3 heterocycles. The van der Waals surface area contributed by atoms with Crippen LogP contribution in [0.5, 0.6) is 11.5 Å². The number of anilines is 6. The first-order valence-electron chi connectivity index (χ1n) is 29.8. The number of amides is 3. The van der Waals surface area contributed by atoms with E-state index in [1.807, 2.05) is 145 Å². The topological polar surface area (TPSA) is 305 Å². The Labute approximate surface area is 560 Å². The van der Waals surface area contributed by atoms with Gasteiger partial charge in [0.1, 0.15) is 34.9 Å². The molecule has 0 radical (unpaired) electrons. The van der Waals surface area contributed by atoms with E-state index in [9.17, 15) is 28.8 Å². The van der Waals surface area contributed by atoms with Crippen molar-refractivity contribution in [3.05, 3.63) is 249 Å². The van der Waals surface area contributed by atoms with E-state index in [0.29, 0.717) is 110 Å². The number of nitrogens with one attached hydrogen (secondary N) is 3. The van der Waals surface area contributed by atoms with Gasteiger partial charge in [0.2, 0.25) is 11.8 Å². The van der Waals surface area contributed by atoms with Crippen LogP contribution in [-0.2, 0) is 62.5 Å². The molecular formula is C72H73ClN12O11. The zero-order chi connectivity index (χ0) is 69.3. The Bertz CT molecular complexity index is 4210. The minimum atomic E-state index is -0.930. The van der Waals surface area contributed by atoms with E-state index in [1.54, 1.807) is 87.9 Å². The van der Waals surface area contributed by atoms with Crippen molar-refractivity contribution in [3.8, 4) is 11.5 Å². The van der Waals surface area contributed by atoms with E-state index in [2.05, 4.69) is 45.9 Å². The monoisotopic (exact) mass is 1320 g/mol. The zero-order valence-corrected chi connectivity index (χ0v) is 54.9. The quantitative estimate of drug-likeness (QED) is 0.0290. The van der Waals surface area contributed by atoms with E-state index >= 15 is 0 Å². The Hall–Kier alpha value is -11.9. The van der Waals surface area contributed by atoms with Gasteiger partial charge in [-0.2, -0.15) is 0 Å². The molecule has 24 heteroatoms. The molecule has 9 rings (SSSR count). The van der Waals surface area contributed by atoms with E-state index in [-0.39, 0.29) is 37.0 Å². The summed E-state index contributed by atoms with van der Waals surface area (Å²) in [6.07, 6.45) is 12.2. The summed E-state index contributed by atoms with van der Waals surface area (Å²) in [5.41, 5.74) is 8.89. The number of rotatable bonds is 25. The number of carbonyl (C=O) groups is 6. The molecule has 0 aliphatic carbocycles. The molecule has 6 N–H and O–H groups in total. The van der Waals surface area contributed by atoms with Crippen molar-refractivity contribution < 1.29 is 53.6 Å². The van der Waals surface area contributed by atoms with Crippen LogP contribution in [0.4, 0.5) is 34.5 Å². The van der Waals surface area contributed by atoms with Crippen LogP contribution < -0.4 is 40.1 Å². The molecule has 6 aromatic carbocycles. The van der Waals surface area contributed by atoms with Crippen LogP contribution >= 0.6 is 11.6 Å². The Kier molecular flexibility index (Phi) is 26.3. The van der Waals surface area contributed by atoms with Gasteiger partial charge in [-0.1, -0.05) is 90.5 Å². The average Bonchev–Trinajstić information content (AvgIpc) is 0.900. The predicted molar refractivity (Wildman–Crippen MR) is 372 cm³/mol. The molecule has 0 aliphatic rings. The number of ether oxygens (including phenoxy) is 2. The summed E-state index contributed by atoms with van der Waals surface area (Å²) in [4.78, 5) is 102. The number of carboxylic acids is 3. The molecule has 0 atom stereocenters. The lowest BCUT2D eigenvalue weighted by Gasteiger charge is -2.16. The van der Waals surface area contributed by atoms with Crippen molar-refractivity contribution in [3.63, 3.8) is 0 Å². The van der Waals surface area contributed by atoms with Gasteiger partial charge in [0, 0.05) is 137 Å². The van der Waals surface area contributed by atoms with Crippen LogP contribution in [0.25, 0.3) is 12.2 Å². The van der Waals surface area contributed by atoms with E-state index in [4.69, 9.17) is 36.4 Å². The second kappa shape index (κ2) is 35.3. The normalized spacial score (nSPS) is 10.7. The largest absolute Gasteiger partial charge is 0.493 e. The second-order valence-corrected chi connectivity index (χ2v) is 22.5. The number of aliphatic carboxylic acids is 3. The summed E-state index contributed by atoms with van der Waals surface area (Å²) in [5.74, 6) is 1.08. The fourth-order valence-corrected chi connectivity index (χ4v) is 9.40. The van der Waals surface area contributed by atoms with Crippen LogP contribution in [0.15, 0.2) is 176 Å². The van der Waals surface area contributed by atoms with E-state index in [1.165, 1.54) is 26.4 Å². The zero-order valence-electron chi connectivity index (χ0n) is 54.2. The molecule has 96 heavy (non-hydrogen) atoms. The maximum Gasteiger partial charge on any atom is 0.308 e. The van der Waals surface area contributed by atoms with Crippen molar-refractivity contribution in [1.82, 2.24) is 29.9 Å². The molecule has 9 aromatic rings. The molecule has 23 nitrogen and oxygen atoms in total. The van der Waals surface area contributed by atoms with Gasteiger partial charge in [-0.15, -0.1) is 0 Å². The molecule has 0 saturated heterocycles. The summed E-state index contributed by atoms with van der Waals surface area (Å²) in [6.45, 7) is 0. The number of hydrogen-bond acceptors (Lipinski definition) is 17. The van der Waals surface area contributed by atoms with Gasteiger partial charge in [0.25, 0.3) is 5.91 Å². The highest BCUT2D eigenvalue weighted by molar-refractivity contribution is 6.30. The number of benzene rings is 6. The van der Waals surface area contributed by atoms with E-state index in [0.717, 1.165) is 27.8 Å². The SMILES string of the molecule is CN(C)c1nc(Cc2ccc(NC(=O)/C=C/c3ccc(Cl)cc3)cc2)ncc1CC(=O)O.CN(C)c1nc(Cc2ccc(NC(=O)/C=C/c3ccccc3)cc2)ncc1CC(=O)O.COc1ccc(C(=O)Nc2ccc(Cc3ncc(CC(=O)O)c(N(C)C)n3)cc2)cc1OC. The summed E-state index contributed by atoms with van der Waals surface area (Å²) < 4.78 is 10.4. The third kappa shape index (κ3) is 22.8. The summed E-state index contributed by atoms with van der Waals surface area (Å²) in [5, 5.41) is 36.3. The maximum absolute atomic E-state index is 12.6. The Morgan fingerprint density at radius 3 is 1.15 bits per heavy atom. The fraction of sp³-hybridized carbons (Fsp3) is 0.194. The van der Waals surface area contributed by atoms with Crippen molar-refractivity contribution >= 4 is 93.9 Å². The fourth-order valence-electron chi connectivity index (χ4n) is 9.28. The molecule has 494 valence electrons. The third-order valence-corrected chi connectivity index (χ3v) is 14.1. The molecule has 0 bridgehead atoms. The number of aromatic nitrogens is 6. The van der Waals surface area contributed by atoms with Crippen LogP contribution in [0.3, 0.4) is 0 Å². The molecule has 0 aliphatic heterocycles. The molecule has 3 aromatic heterocycles. The number of hydrogen-bond donors (Lipinski definition) is 6. The Morgan fingerprint density at radius 2 is 0.802 bits per heavy atom. The minimum absolute atomic E-state index is 0.124. The number of carboxylic acid groups (broad SMARTS) is 3. The van der Waals surface area contributed by atoms with Crippen LogP contribution in [-0.4, -0.2) is 137 Å². The van der Waals surface area contributed by atoms with Crippen LogP contribution in [0.2, 0.25) is 5.02 Å². The van der Waals surface area contributed by atoms with Crippen LogP contribution in [0.1, 0.15) is 72.3 Å². The highest BCUT2D eigenvalue weighted by Gasteiger charge is 2.17. The number of carbonyl (C=O) groups excluding carboxylic acids is 3. The van der Waals surface area contributed by atoms with Crippen molar-refractivity contribution in [2.45, 2.75) is 38.5 Å². The standard InChI is InChI=1S/C24H23ClN4O3.C24H26N4O5.C24H24N4O3/c1-29(2)24-18(14-23(31)32)15-26-21(28-24)13-17-5-10-20(11-6-17)27-22(30)12-7-16-3-8-19(25)9-4-16;1-28(2)23-17(13-22(29)30)14-25-21(27-23)11-15-5-8-18(9-6-15)26-24(31)16-7-10-19(32-3)20(12-16)33-4;1-28(2)24-19(15-23(30)31)16-25-21(27-24)14-18-8-11-20(12-9-18)26-22(29)13-10-17-6-4-3-5-7-17/h3-12,15H,13-14H2,1-2H3,(H,27,30)(H,31,32);5-10,12,14H,11,13H2,1-4H3,(H,26,31)(H,29,30);3-13,16H,14-15H2,1-2H3,(H,26,29)(H,30,31)/b12-7+;;13-10+. The lowest BCUT2D eigenvalue weighted by Crippen LogP contribution is -2.17. The first-order chi connectivity index (χ1) is 46.0. The highest BCUT2D eigenvalue weighted by Crippen LogP contribution is 2.29. The number of methoxy groups -OCH3 is 2. The van der Waals surface area contributed by atoms with Crippen molar-refractivity contribution in [1.29, 1.82) is 0 Å². The molecule has 3 amide bonds. The Morgan fingerprint density at radius 1 is 0.448 bits per heavy atom. The van der Waals surface area contributed by atoms with Gasteiger partial charge in [-0.05, 0) is 107 Å².